The van der Waals surface area contributed by atoms with Crippen LogP contribution in [0.25, 0.3) is 0 Å². The number of nitrogens with zero attached hydrogens (tertiary/aromatic N) is 2. The third-order valence-electron chi connectivity index (χ3n) is 10.1. The molecule has 0 aliphatic heterocycles. The molecule has 3 aliphatic carbocycles. The van der Waals surface area contributed by atoms with E-state index in [0.29, 0.717) is 24.5 Å². The van der Waals surface area contributed by atoms with Gasteiger partial charge in [0.05, 0.1) is 18.8 Å². The molecule has 4 rings (SSSR count). The molecule has 3 aliphatic rings. The summed E-state index contributed by atoms with van der Waals surface area (Å²) < 4.78 is 12.3. The van der Waals surface area contributed by atoms with Crippen molar-refractivity contribution in [3.63, 3.8) is 0 Å². The van der Waals surface area contributed by atoms with Crippen molar-refractivity contribution in [2.45, 2.75) is 90.8 Å². The fourth-order valence-electron chi connectivity index (χ4n) is 7.96. The van der Waals surface area contributed by atoms with Gasteiger partial charge in [-0.25, -0.2) is 9.97 Å². The smallest absolute Gasteiger partial charge is 0.316 e. The SMILES string of the molecule is C=C1CCC2(CC)C(OC)C(C3(C)CCC(O)CC3CCOc3ncccn3)CCC12C. The molecule has 1 heterocycles. The minimum atomic E-state index is -0.220. The lowest BCUT2D eigenvalue weighted by Gasteiger charge is -2.61. The molecule has 0 radical (unpaired) electrons. The van der Waals surface area contributed by atoms with Crippen LogP contribution < -0.4 is 4.74 Å². The first-order chi connectivity index (χ1) is 15.3. The van der Waals surface area contributed by atoms with Crippen LogP contribution in [0.15, 0.2) is 30.6 Å². The second-order valence-corrected chi connectivity index (χ2v) is 11.0. The van der Waals surface area contributed by atoms with E-state index in [-0.39, 0.29) is 28.5 Å². The Kier molecular flexibility index (Phi) is 6.71. The van der Waals surface area contributed by atoms with Gasteiger partial charge < -0.3 is 14.6 Å². The maximum absolute atomic E-state index is 10.6. The standard InChI is InChI=1S/C27H42N2O3/c1-6-27-14-8-19(2)26(27,4)13-10-22(23(27)31-5)25(3)12-9-21(30)18-20(25)11-17-32-24-28-15-7-16-29-24/h7,15-16,20-23,30H,2,6,8-14,17-18H2,1,3-5H3. The van der Waals surface area contributed by atoms with E-state index in [4.69, 9.17) is 9.47 Å². The topological polar surface area (TPSA) is 64.5 Å². The van der Waals surface area contributed by atoms with Crippen molar-refractivity contribution in [2.24, 2.45) is 28.1 Å². The number of aromatic nitrogens is 2. The third kappa shape index (κ3) is 3.69. The first-order valence-electron chi connectivity index (χ1n) is 12.6. The third-order valence-corrected chi connectivity index (χ3v) is 10.1. The molecule has 1 aromatic rings. The summed E-state index contributed by atoms with van der Waals surface area (Å²) >= 11 is 0. The van der Waals surface area contributed by atoms with Gasteiger partial charge in [-0.15, -0.1) is 0 Å². The molecule has 1 N–H and O–H groups in total. The average molecular weight is 443 g/mol. The molecule has 3 fully saturated rings. The van der Waals surface area contributed by atoms with Crippen LogP contribution in [0, 0.1) is 28.1 Å². The summed E-state index contributed by atoms with van der Waals surface area (Å²) in [4.78, 5) is 8.38. The predicted molar refractivity (Wildman–Crippen MR) is 126 cm³/mol. The van der Waals surface area contributed by atoms with Crippen LogP contribution in [-0.2, 0) is 4.74 Å². The number of ether oxygens (including phenoxy) is 2. The number of methoxy groups -OCH3 is 1. The molecule has 5 heteroatoms. The van der Waals surface area contributed by atoms with Gasteiger partial charge >= 0.3 is 6.01 Å². The Bertz CT molecular complexity index is 801. The molecule has 0 saturated heterocycles. The van der Waals surface area contributed by atoms with Crippen LogP contribution in [-0.4, -0.2) is 41.0 Å². The van der Waals surface area contributed by atoms with Gasteiger partial charge in [0.25, 0.3) is 0 Å². The van der Waals surface area contributed by atoms with E-state index >= 15 is 0 Å². The molecule has 7 unspecified atom stereocenters. The van der Waals surface area contributed by atoms with Crippen LogP contribution in [0.2, 0.25) is 0 Å². The highest BCUT2D eigenvalue weighted by Gasteiger charge is 2.64. The van der Waals surface area contributed by atoms with Crippen molar-refractivity contribution in [1.29, 1.82) is 0 Å². The maximum Gasteiger partial charge on any atom is 0.316 e. The van der Waals surface area contributed by atoms with Gasteiger partial charge in [-0.2, -0.15) is 0 Å². The normalized spacial score (nSPS) is 42.0. The lowest BCUT2D eigenvalue weighted by Crippen LogP contribution is -2.59. The van der Waals surface area contributed by atoms with Crippen molar-refractivity contribution in [2.75, 3.05) is 13.7 Å². The summed E-state index contributed by atoms with van der Waals surface area (Å²) in [6, 6.07) is 2.23. The molecule has 3 saturated carbocycles. The number of allylic oxidation sites excluding steroid dienone is 1. The highest BCUT2D eigenvalue weighted by molar-refractivity contribution is 5.27. The highest BCUT2D eigenvalue weighted by atomic mass is 16.5. The quantitative estimate of drug-likeness (QED) is 0.558. The van der Waals surface area contributed by atoms with Gasteiger partial charge in [0, 0.05) is 24.9 Å². The second kappa shape index (κ2) is 9.06. The molecule has 0 amide bonds. The van der Waals surface area contributed by atoms with Crippen molar-refractivity contribution in [1.82, 2.24) is 9.97 Å². The Morgan fingerprint density at radius 1 is 1.16 bits per heavy atom. The number of aliphatic hydroxyl groups is 1. The van der Waals surface area contributed by atoms with Crippen LogP contribution in [0.5, 0.6) is 6.01 Å². The Hall–Kier alpha value is -1.46. The summed E-state index contributed by atoms with van der Waals surface area (Å²) in [6.07, 6.45) is 12.9. The van der Waals surface area contributed by atoms with Gasteiger partial charge in [-0.3, -0.25) is 0 Å². The first-order valence-corrected chi connectivity index (χ1v) is 12.6. The zero-order valence-corrected chi connectivity index (χ0v) is 20.5. The van der Waals surface area contributed by atoms with Crippen molar-refractivity contribution >= 4 is 0 Å². The van der Waals surface area contributed by atoms with E-state index in [2.05, 4.69) is 37.3 Å². The molecule has 0 aromatic carbocycles. The predicted octanol–water partition coefficient (Wildman–Crippen LogP) is 5.59. The number of fused-ring (bicyclic) bond motifs is 1. The Balaban J connectivity index is 1.58. The Morgan fingerprint density at radius 3 is 2.59 bits per heavy atom. The van der Waals surface area contributed by atoms with Gasteiger partial charge in [0.15, 0.2) is 0 Å². The summed E-state index contributed by atoms with van der Waals surface area (Å²) in [5.41, 5.74) is 1.89. The lowest BCUT2D eigenvalue weighted by atomic mass is 9.46. The molecule has 32 heavy (non-hydrogen) atoms. The summed E-state index contributed by atoms with van der Waals surface area (Å²) in [5.74, 6) is 0.873. The molecular weight excluding hydrogens is 400 g/mol. The summed E-state index contributed by atoms with van der Waals surface area (Å²) in [6.45, 7) is 12.4. The number of aliphatic hydroxyl groups excluding tert-OH is 1. The van der Waals surface area contributed by atoms with E-state index in [1.807, 2.05) is 7.11 Å². The number of hydrogen-bond acceptors (Lipinski definition) is 5. The number of rotatable bonds is 7. The second-order valence-electron chi connectivity index (χ2n) is 11.0. The van der Waals surface area contributed by atoms with Crippen LogP contribution >= 0.6 is 0 Å². The summed E-state index contributed by atoms with van der Waals surface area (Å²) in [5, 5.41) is 10.6. The van der Waals surface area contributed by atoms with Gasteiger partial charge in [-0.05, 0) is 86.5 Å². The van der Waals surface area contributed by atoms with E-state index in [9.17, 15) is 5.11 Å². The average Bonchev–Trinajstić information content (AvgIpc) is 3.07. The zero-order valence-electron chi connectivity index (χ0n) is 20.5. The fraction of sp³-hybridized carbons (Fsp3) is 0.778. The highest BCUT2D eigenvalue weighted by Crippen LogP contribution is 2.69. The number of hydrogen-bond donors (Lipinski definition) is 1. The lowest BCUT2D eigenvalue weighted by molar-refractivity contribution is -0.179. The molecule has 5 nitrogen and oxygen atoms in total. The minimum absolute atomic E-state index is 0.119. The van der Waals surface area contributed by atoms with Gasteiger partial charge in [0.1, 0.15) is 0 Å². The largest absolute Gasteiger partial charge is 0.463 e. The maximum atomic E-state index is 10.6. The van der Waals surface area contributed by atoms with Crippen LogP contribution in [0.1, 0.15) is 78.6 Å². The zero-order chi connectivity index (χ0) is 23.0. The first kappa shape index (κ1) is 23.7. The molecule has 7 atom stereocenters. The Labute approximate surface area is 194 Å². The molecular formula is C27H42N2O3. The van der Waals surface area contributed by atoms with E-state index in [1.54, 1.807) is 18.5 Å². The van der Waals surface area contributed by atoms with Gasteiger partial charge in [0.2, 0.25) is 0 Å². The van der Waals surface area contributed by atoms with E-state index < -0.39 is 0 Å². The van der Waals surface area contributed by atoms with Crippen molar-refractivity contribution in [3.05, 3.63) is 30.6 Å². The Morgan fingerprint density at radius 2 is 1.91 bits per heavy atom. The minimum Gasteiger partial charge on any atom is -0.463 e. The van der Waals surface area contributed by atoms with Crippen molar-refractivity contribution < 1.29 is 14.6 Å². The monoisotopic (exact) mass is 442 g/mol. The van der Waals surface area contributed by atoms with Crippen LogP contribution in [0.4, 0.5) is 0 Å². The molecule has 1 aromatic heterocycles. The van der Waals surface area contributed by atoms with Gasteiger partial charge in [-0.1, -0.05) is 32.9 Å². The van der Waals surface area contributed by atoms with Crippen molar-refractivity contribution in [3.8, 4) is 6.01 Å². The molecule has 0 spiro atoms. The molecule has 178 valence electrons. The van der Waals surface area contributed by atoms with E-state index in [1.165, 1.54) is 24.8 Å². The fourth-order valence-corrected chi connectivity index (χ4v) is 7.96. The summed E-state index contributed by atoms with van der Waals surface area (Å²) in [7, 11) is 1.92. The van der Waals surface area contributed by atoms with E-state index in [0.717, 1.165) is 38.5 Å². The van der Waals surface area contributed by atoms with Crippen LogP contribution in [0.3, 0.4) is 0 Å². The molecule has 0 bridgehead atoms.